The smallest absolute Gasteiger partial charge is 0.0767 e. The first kappa shape index (κ1) is 11.5. The van der Waals surface area contributed by atoms with Crippen LogP contribution in [0.1, 0.15) is 5.69 Å². The molecule has 4 nitrogen and oxygen atoms in total. The second-order valence-electron chi connectivity index (χ2n) is 4.25. The number of nitrogens with zero attached hydrogens (tertiary/aromatic N) is 3. The molecule has 0 atom stereocenters. The minimum atomic E-state index is 0.802. The molecule has 0 aliphatic heterocycles. The topological polar surface area (TPSA) is 33.1 Å². The number of anilines is 2. The third kappa shape index (κ3) is 2.58. The molecule has 0 bridgehead atoms. The Bertz CT molecular complexity index is 488. The zero-order chi connectivity index (χ0) is 12.3. The molecule has 90 valence electrons. The van der Waals surface area contributed by atoms with Crippen LogP contribution in [-0.2, 0) is 13.6 Å². The van der Waals surface area contributed by atoms with Crippen molar-refractivity contribution in [2.75, 3.05) is 24.3 Å². The lowest BCUT2D eigenvalue weighted by Gasteiger charge is -2.17. The van der Waals surface area contributed by atoms with E-state index in [9.17, 15) is 0 Å². The summed E-state index contributed by atoms with van der Waals surface area (Å²) in [6.45, 7) is 0.802. The molecule has 0 aliphatic carbocycles. The van der Waals surface area contributed by atoms with Gasteiger partial charge >= 0.3 is 0 Å². The Labute approximate surface area is 102 Å². The van der Waals surface area contributed by atoms with Gasteiger partial charge in [0.25, 0.3) is 0 Å². The standard InChI is InChI=1S/C13H18N4/c1-16(2)13-6-7-14-10-12(13)15-9-11-5-4-8-17(11)3/h4-8,10,15H,9H2,1-3H3. The van der Waals surface area contributed by atoms with Crippen LogP contribution in [0.25, 0.3) is 0 Å². The van der Waals surface area contributed by atoms with E-state index in [0.717, 1.165) is 17.9 Å². The molecular formula is C13H18N4. The normalized spacial score (nSPS) is 10.3. The monoisotopic (exact) mass is 230 g/mol. The second kappa shape index (κ2) is 4.91. The lowest BCUT2D eigenvalue weighted by atomic mass is 10.3. The van der Waals surface area contributed by atoms with Crippen molar-refractivity contribution in [2.24, 2.45) is 7.05 Å². The first-order chi connectivity index (χ1) is 8.18. The number of hydrogen-bond donors (Lipinski definition) is 1. The second-order valence-corrected chi connectivity index (χ2v) is 4.25. The van der Waals surface area contributed by atoms with Gasteiger partial charge in [-0.2, -0.15) is 0 Å². The SMILES string of the molecule is CN(C)c1ccncc1NCc1cccn1C. The maximum atomic E-state index is 4.15. The molecule has 2 heterocycles. The zero-order valence-corrected chi connectivity index (χ0v) is 10.5. The van der Waals surface area contributed by atoms with Crippen LogP contribution in [0.5, 0.6) is 0 Å². The van der Waals surface area contributed by atoms with Crippen LogP contribution >= 0.6 is 0 Å². The van der Waals surface area contributed by atoms with Crippen molar-refractivity contribution in [1.29, 1.82) is 0 Å². The number of pyridine rings is 1. The molecule has 0 amide bonds. The van der Waals surface area contributed by atoms with Gasteiger partial charge < -0.3 is 14.8 Å². The molecule has 2 aromatic heterocycles. The summed E-state index contributed by atoms with van der Waals surface area (Å²) in [7, 11) is 6.11. The van der Waals surface area contributed by atoms with E-state index in [1.807, 2.05) is 51.9 Å². The first-order valence-electron chi connectivity index (χ1n) is 5.64. The van der Waals surface area contributed by atoms with Crippen molar-refractivity contribution in [2.45, 2.75) is 6.54 Å². The summed E-state index contributed by atoms with van der Waals surface area (Å²) in [4.78, 5) is 6.23. The highest BCUT2D eigenvalue weighted by atomic mass is 15.1. The third-order valence-corrected chi connectivity index (χ3v) is 2.79. The summed E-state index contributed by atoms with van der Waals surface area (Å²) in [6.07, 6.45) is 5.72. The van der Waals surface area contributed by atoms with Gasteiger partial charge in [-0.15, -0.1) is 0 Å². The summed E-state index contributed by atoms with van der Waals surface area (Å²) in [6, 6.07) is 6.17. The summed E-state index contributed by atoms with van der Waals surface area (Å²) in [5, 5.41) is 3.41. The molecule has 0 saturated carbocycles. The van der Waals surface area contributed by atoms with Gasteiger partial charge in [-0.05, 0) is 18.2 Å². The molecule has 0 aromatic carbocycles. The highest BCUT2D eigenvalue weighted by molar-refractivity contribution is 5.68. The summed E-state index contributed by atoms with van der Waals surface area (Å²) in [5.41, 5.74) is 3.45. The molecule has 1 N–H and O–H groups in total. The van der Waals surface area contributed by atoms with E-state index in [4.69, 9.17) is 0 Å². The quantitative estimate of drug-likeness (QED) is 0.873. The predicted octanol–water partition coefficient (Wildman–Crippen LogP) is 2.10. The first-order valence-corrected chi connectivity index (χ1v) is 5.64. The molecule has 0 unspecified atom stereocenters. The van der Waals surface area contributed by atoms with Gasteiger partial charge in [0.1, 0.15) is 0 Å². The van der Waals surface area contributed by atoms with E-state index < -0.39 is 0 Å². The fourth-order valence-corrected chi connectivity index (χ4v) is 1.78. The minimum Gasteiger partial charge on any atom is -0.377 e. The van der Waals surface area contributed by atoms with Crippen LogP contribution < -0.4 is 10.2 Å². The summed E-state index contributed by atoms with van der Waals surface area (Å²) in [5.74, 6) is 0. The highest BCUT2D eigenvalue weighted by Crippen LogP contribution is 2.22. The Hall–Kier alpha value is -1.97. The number of aromatic nitrogens is 2. The van der Waals surface area contributed by atoms with Crippen molar-refractivity contribution in [3.63, 3.8) is 0 Å². The molecule has 0 spiro atoms. The Morgan fingerprint density at radius 2 is 2.18 bits per heavy atom. The molecule has 2 rings (SSSR count). The van der Waals surface area contributed by atoms with Crippen molar-refractivity contribution in [3.8, 4) is 0 Å². The van der Waals surface area contributed by atoms with Gasteiger partial charge in [0.2, 0.25) is 0 Å². The van der Waals surface area contributed by atoms with E-state index >= 15 is 0 Å². The fourth-order valence-electron chi connectivity index (χ4n) is 1.78. The largest absolute Gasteiger partial charge is 0.377 e. The van der Waals surface area contributed by atoms with Crippen LogP contribution in [0.2, 0.25) is 0 Å². The molecule has 0 fully saturated rings. The molecule has 17 heavy (non-hydrogen) atoms. The molecular weight excluding hydrogens is 212 g/mol. The van der Waals surface area contributed by atoms with Crippen molar-refractivity contribution < 1.29 is 0 Å². The van der Waals surface area contributed by atoms with Crippen molar-refractivity contribution >= 4 is 11.4 Å². The Morgan fingerprint density at radius 1 is 1.35 bits per heavy atom. The lowest BCUT2D eigenvalue weighted by molar-refractivity contribution is 0.842. The molecule has 2 aromatic rings. The maximum absolute atomic E-state index is 4.15. The number of rotatable bonds is 4. The molecule has 0 radical (unpaired) electrons. The fraction of sp³-hybridized carbons (Fsp3) is 0.308. The molecule has 0 saturated heterocycles. The lowest BCUT2D eigenvalue weighted by Crippen LogP contribution is -2.13. The number of hydrogen-bond acceptors (Lipinski definition) is 3. The van der Waals surface area contributed by atoms with Crippen LogP contribution in [0.15, 0.2) is 36.8 Å². The zero-order valence-electron chi connectivity index (χ0n) is 10.5. The van der Waals surface area contributed by atoms with Crippen molar-refractivity contribution in [1.82, 2.24) is 9.55 Å². The molecule has 0 aliphatic rings. The third-order valence-electron chi connectivity index (χ3n) is 2.79. The van der Waals surface area contributed by atoms with E-state index in [1.165, 1.54) is 5.69 Å². The Balaban J connectivity index is 2.11. The minimum absolute atomic E-state index is 0.802. The summed E-state index contributed by atoms with van der Waals surface area (Å²) >= 11 is 0. The van der Waals surface area contributed by atoms with Crippen LogP contribution in [0.4, 0.5) is 11.4 Å². The van der Waals surface area contributed by atoms with E-state index in [-0.39, 0.29) is 0 Å². The maximum Gasteiger partial charge on any atom is 0.0767 e. The Kier molecular flexibility index (Phi) is 3.32. The summed E-state index contributed by atoms with van der Waals surface area (Å²) < 4.78 is 2.11. The van der Waals surface area contributed by atoms with Gasteiger partial charge in [0.15, 0.2) is 0 Å². The van der Waals surface area contributed by atoms with Crippen LogP contribution in [-0.4, -0.2) is 23.6 Å². The van der Waals surface area contributed by atoms with Crippen LogP contribution in [0.3, 0.4) is 0 Å². The predicted molar refractivity (Wildman–Crippen MR) is 71.3 cm³/mol. The number of nitrogens with one attached hydrogen (secondary N) is 1. The van der Waals surface area contributed by atoms with Gasteiger partial charge in [-0.25, -0.2) is 0 Å². The van der Waals surface area contributed by atoms with Crippen LogP contribution in [0, 0.1) is 0 Å². The highest BCUT2D eigenvalue weighted by Gasteiger charge is 2.04. The van der Waals surface area contributed by atoms with Crippen molar-refractivity contribution in [3.05, 3.63) is 42.5 Å². The Morgan fingerprint density at radius 3 is 2.82 bits per heavy atom. The molecule has 4 heteroatoms. The average molecular weight is 230 g/mol. The number of aryl methyl sites for hydroxylation is 1. The van der Waals surface area contributed by atoms with Gasteiger partial charge in [-0.3, -0.25) is 4.98 Å². The van der Waals surface area contributed by atoms with Gasteiger partial charge in [0.05, 0.1) is 24.1 Å². The van der Waals surface area contributed by atoms with E-state index in [2.05, 4.69) is 25.8 Å². The van der Waals surface area contributed by atoms with Gasteiger partial charge in [-0.1, -0.05) is 0 Å². The average Bonchev–Trinajstić information content (AvgIpc) is 2.72. The van der Waals surface area contributed by atoms with Gasteiger partial charge in [0, 0.05) is 39.2 Å². The van der Waals surface area contributed by atoms with E-state index in [1.54, 1.807) is 0 Å². The van der Waals surface area contributed by atoms with E-state index in [0.29, 0.717) is 0 Å².